The zero-order valence-electron chi connectivity index (χ0n) is 26.8. The number of para-hydroxylation sites is 3. The molecule has 0 N–H and O–H groups in total. The zero-order chi connectivity index (χ0) is 32.6. The van der Waals surface area contributed by atoms with Gasteiger partial charge in [-0.3, -0.25) is 0 Å². The lowest BCUT2D eigenvalue weighted by Gasteiger charge is -2.30. The van der Waals surface area contributed by atoms with E-state index in [4.69, 9.17) is 0 Å². The molecule has 0 unspecified atom stereocenters. The van der Waals surface area contributed by atoms with Crippen LogP contribution in [0.25, 0.3) is 42.1 Å². The molecule has 2 nitrogen and oxygen atoms in total. The maximum Gasteiger partial charge on any atom is 0.0661 e. The fraction of sp³-hybridized carbons (Fsp3) is 0. The number of hydrogen-bond acceptors (Lipinski definition) is 3. The Kier molecular flexibility index (Phi) is 7.38. The van der Waals surface area contributed by atoms with Gasteiger partial charge in [-0.1, -0.05) is 121 Å². The van der Waals surface area contributed by atoms with E-state index in [2.05, 4.69) is 204 Å². The van der Waals surface area contributed by atoms with Gasteiger partial charge in [0, 0.05) is 43.9 Å². The van der Waals surface area contributed by atoms with Crippen molar-refractivity contribution < 1.29 is 0 Å². The lowest BCUT2D eigenvalue weighted by molar-refractivity contribution is 1.26. The second-order valence-corrected chi connectivity index (χ2v) is 13.3. The van der Waals surface area contributed by atoms with Crippen LogP contribution in [0.3, 0.4) is 0 Å². The Labute approximate surface area is 290 Å². The molecule has 8 aromatic carbocycles. The molecule has 0 aliphatic rings. The lowest BCUT2D eigenvalue weighted by Crippen LogP contribution is -2.13. The summed E-state index contributed by atoms with van der Waals surface area (Å²) in [6, 6.07) is 69.8. The SMILES string of the molecule is c1ccc(-c2cccc(N(c3ccccc3)c3cc(N(c4ccccc4)c4ccccc4)c4sc5cc6ccccc6cc5c4c3)c2)cc1. The Morgan fingerprint density at radius 2 is 0.837 bits per heavy atom. The molecule has 0 saturated heterocycles. The minimum atomic E-state index is 1.10. The highest BCUT2D eigenvalue weighted by atomic mass is 32.1. The third-order valence-electron chi connectivity index (χ3n) is 9.16. The molecule has 0 radical (unpaired) electrons. The van der Waals surface area contributed by atoms with Crippen molar-refractivity contribution in [3.8, 4) is 11.1 Å². The highest BCUT2D eigenvalue weighted by molar-refractivity contribution is 7.26. The number of hydrogen-bond donors (Lipinski definition) is 0. The highest BCUT2D eigenvalue weighted by Crippen LogP contribution is 2.49. The minimum absolute atomic E-state index is 1.10. The predicted molar refractivity (Wildman–Crippen MR) is 212 cm³/mol. The minimum Gasteiger partial charge on any atom is -0.310 e. The van der Waals surface area contributed by atoms with Gasteiger partial charge in [0.2, 0.25) is 0 Å². The van der Waals surface area contributed by atoms with Crippen LogP contribution in [0, 0.1) is 0 Å². The number of thiophene rings is 1. The van der Waals surface area contributed by atoms with Crippen molar-refractivity contribution in [2.24, 2.45) is 0 Å². The first-order valence-electron chi connectivity index (χ1n) is 16.6. The molecule has 1 aromatic heterocycles. The first-order valence-corrected chi connectivity index (χ1v) is 17.4. The number of nitrogens with zero attached hydrogens (tertiary/aromatic N) is 2. The van der Waals surface area contributed by atoms with Gasteiger partial charge in [0.05, 0.1) is 10.4 Å². The fourth-order valence-electron chi connectivity index (χ4n) is 6.89. The average molecular weight is 645 g/mol. The Balaban J connectivity index is 1.36. The van der Waals surface area contributed by atoms with Crippen LogP contribution in [-0.4, -0.2) is 0 Å². The van der Waals surface area contributed by atoms with Gasteiger partial charge >= 0.3 is 0 Å². The van der Waals surface area contributed by atoms with Crippen LogP contribution in [0.1, 0.15) is 0 Å². The van der Waals surface area contributed by atoms with E-state index in [-0.39, 0.29) is 0 Å². The van der Waals surface area contributed by atoms with E-state index in [1.165, 1.54) is 42.1 Å². The van der Waals surface area contributed by atoms with Gasteiger partial charge < -0.3 is 9.80 Å². The normalized spacial score (nSPS) is 11.3. The van der Waals surface area contributed by atoms with Crippen LogP contribution in [0.15, 0.2) is 194 Å². The highest BCUT2D eigenvalue weighted by Gasteiger charge is 2.23. The molecule has 1 heterocycles. The summed E-state index contributed by atoms with van der Waals surface area (Å²) in [7, 11) is 0. The summed E-state index contributed by atoms with van der Waals surface area (Å²) in [5.41, 5.74) is 9.08. The Hall–Kier alpha value is -6.16. The van der Waals surface area contributed by atoms with E-state index in [0.29, 0.717) is 0 Å². The van der Waals surface area contributed by atoms with Gasteiger partial charge in [-0.05, 0) is 94.7 Å². The van der Waals surface area contributed by atoms with E-state index < -0.39 is 0 Å². The van der Waals surface area contributed by atoms with Gasteiger partial charge in [0.1, 0.15) is 0 Å². The molecule has 9 rings (SSSR count). The summed E-state index contributed by atoms with van der Waals surface area (Å²) in [6.45, 7) is 0. The molecule has 9 aromatic rings. The Morgan fingerprint density at radius 3 is 1.47 bits per heavy atom. The smallest absolute Gasteiger partial charge is 0.0661 e. The summed E-state index contributed by atoms with van der Waals surface area (Å²) in [5.74, 6) is 0. The number of anilines is 6. The van der Waals surface area contributed by atoms with Gasteiger partial charge in [-0.15, -0.1) is 11.3 Å². The molecular weight excluding hydrogens is 613 g/mol. The lowest BCUT2D eigenvalue weighted by atomic mass is 10.0. The topological polar surface area (TPSA) is 6.48 Å². The fourth-order valence-corrected chi connectivity index (χ4v) is 8.10. The van der Waals surface area contributed by atoms with Crippen molar-refractivity contribution in [1.82, 2.24) is 0 Å². The maximum absolute atomic E-state index is 2.41. The van der Waals surface area contributed by atoms with Crippen LogP contribution < -0.4 is 9.80 Å². The predicted octanol–water partition coefficient (Wildman–Crippen LogP) is 13.8. The zero-order valence-corrected chi connectivity index (χ0v) is 27.6. The molecule has 0 bridgehead atoms. The second kappa shape index (κ2) is 12.5. The van der Waals surface area contributed by atoms with E-state index in [1.54, 1.807) is 0 Å². The van der Waals surface area contributed by atoms with Crippen LogP contribution in [0.4, 0.5) is 34.1 Å². The molecule has 0 aliphatic heterocycles. The summed E-state index contributed by atoms with van der Waals surface area (Å²) in [4.78, 5) is 4.80. The molecule has 49 heavy (non-hydrogen) atoms. The molecule has 0 aliphatic carbocycles. The number of fused-ring (bicyclic) bond motifs is 4. The molecule has 0 fully saturated rings. The third kappa shape index (κ3) is 5.41. The quantitative estimate of drug-likeness (QED) is 0.170. The summed E-state index contributed by atoms with van der Waals surface area (Å²) in [5, 5.41) is 5.03. The van der Waals surface area contributed by atoms with Crippen molar-refractivity contribution >= 4 is 76.4 Å². The maximum atomic E-state index is 2.41. The van der Waals surface area contributed by atoms with Gasteiger partial charge in [0.15, 0.2) is 0 Å². The molecule has 0 spiro atoms. The molecule has 0 saturated carbocycles. The van der Waals surface area contributed by atoms with Crippen LogP contribution in [0.2, 0.25) is 0 Å². The molecular formula is C46H32N2S. The van der Waals surface area contributed by atoms with Crippen LogP contribution in [-0.2, 0) is 0 Å². The van der Waals surface area contributed by atoms with Crippen molar-refractivity contribution in [3.63, 3.8) is 0 Å². The van der Waals surface area contributed by atoms with Gasteiger partial charge in [-0.2, -0.15) is 0 Å². The van der Waals surface area contributed by atoms with Crippen molar-refractivity contribution in [1.29, 1.82) is 0 Å². The Bertz CT molecular complexity index is 2500. The number of benzene rings is 8. The third-order valence-corrected chi connectivity index (χ3v) is 10.3. The Morgan fingerprint density at radius 1 is 0.327 bits per heavy atom. The average Bonchev–Trinajstić information content (AvgIpc) is 3.53. The standard InChI is InChI=1S/C46H32N2S/c1-5-16-33(17-6-1)34-20-15-27-40(28-34)47(37-21-7-2-8-22-37)41-31-43-42-29-35-18-13-14-19-36(35)30-45(42)49-46(43)44(32-41)48(38-23-9-3-10-24-38)39-25-11-4-12-26-39/h1-32H. The first kappa shape index (κ1) is 29.0. The molecule has 3 heteroatoms. The summed E-state index contributed by atoms with van der Waals surface area (Å²) in [6.07, 6.45) is 0. The van der Waals surface area contributed by atoms with E-state index in [1.807, 2.05) is 11.3 Å². The van der Waals surface area contributed by atoms with Crippen LogP contribution in [0.5, 0.6) is 0 Å². The van der Waals surface area contributed by atoms with Crippen molar-refractivity contribution in [2.75, 3.05) is 9.80 Å². The van der Waals surface area contributed by atoms with Crippen molar-refractivity contribution in [3.05, 3.63) is 194 Å². The van der Waals surface area contributed by atoms with E-state index >= 15 is 0 Å². The molecule has 0 amide bonds. The molecule has 232 valence electrons. The van der Waals surface area contributed by atoms with Crippen molar-refractivity contribution in [2.45, 2.75) is 0 Å². The summed E-state index contributed by atoms with van der Waals surface area (Å²) < 4.78 is 2.54. The molecule has 0 atom stereocenters. The summed E-state index contributed by atoms with van der Waals surface area (Å²) >= 11 is 1.87. The monoisotopic (exact) mass is 644 g/mol. The van der Waals surface area contributed by atoms with Gasteiger partial charge in [-0.25, -0.2) is 0 Å². The second-order valence-electron chi connectivity index (χ2n) is 12.2. The number of rotatable bonds is 7. The largest absolute Gasteiger partial charge is 0.310 e. The van der Waals surface area contributed by atoms with E-state index in [9.17, 15) is 0 Å². The van der Waals surface area contributed by atoms with E-state index in [0.717, 1.165) is 34.1 Å². The van der Waals surface area contributed by atoms with Crippen LogP contribution >= 0.6 is 11.3 Å². The van der Waals surface area contributed by atoms with Gasteiger partial charge in [0.25, 0.3) is 0 Å². The first-order chi connectivity index (χ1) is 24.3.